The number of rotatable bonds is 4. The highest BCUT2D eigenvalue weighted by atomic mass is 32.2. The third-order valence-corrected chi connectivity index (χ3v) is 3.26. The summed E-state index contributed by atoms with van der Waals surface area (Å²) in [5.41, 5.74) is 0. The first-order valence-electron chi connectivity index (χ1n) is 4.59. The van der Waals surface area contributed by atoms with Crippen LogP contribution in [0.4, 0.5) is 0 Å². The van der Waals surface area contributed by atoms with Gasteiger partial charge in [-0.05, 0) is 45.2 Å². The van der Waals surface area contributed by atoms with Crippen LogP contribution in [0.2, 0.25) is 0 Å². The zero-order valence-corrected chi connectivity index (χ0v) is 9.94. The number of ether oxygens (including phenoxy) is 1. The van der Waals surface area contributed by atoms with Crippen LogP contribution in [-0.2, 0) is 0 Å². The molecule has 0 atom stereocenters. The molecule has 0 radical (unpaired) electrons. The molecular weight excluding hydrogens is 194 g/mol. The van der Waals surface area contributed by atoms with Crippen molar-refractivity contribution in [3.8, 4) is 5.75 Å². The number of thioether (sulfide) groups is 1. The van der Waals surface area contributed by atoms with Crippen molar-refractivity contribution in [1.29, 1.82) is 0 Å². The van der Waals surface area contributed by atoms with Crippen LogP contribution >= 0.6 is 11.8 Å². The zero-order chi connectivity index (χ0) is 10.6. The van der Waals surface area contributed by atoms with E-state index in [-0.39, 0.29) is 4.87 Å². The molecule has 1 rings (SSSR count). The monoisotopic (exact) mass is 211 g/mol. The molecule has 1 N–H and O–H groups in total. The van der Waals surface area contributed by atoms with Crippen molar-refractivity contribution in [3.63, 3.8) is 0 Å². The molecule has 0 saturated carbocycles. The van der Waals surface area contributed by atoms with E-state index in [0.29, 0.717) is 0 Å². The van der Waals surface area contributed by atoms with E-state index in [1.807, 2.05) is 19.2 Å². The fourth-order valence-electron chi connectivity index (χ4n) is 0.989. The van der Waals surface area contributed by atoms with E-state index in [4.69, 9.17) is 4.74 Å². The number of hydrogen-bond donors (Lipinski definition) is 1. The van der Waals surface area contributed by atoms with Crippen LogP contribution in [0, 0.1) is 0 Å². The van der Waals surface area contributed by atoms with Gasteiger partial charge in [-0.2, -0.15) is 0 Å². The Kier molecular flexibility index (Phi) is 3.84. The summed E-state index contributed by atoms with van der Waals surface area (Å²) in [6, 6.07) is 8.10. The lowest BCUT2D eigenvalue weighted by Crippen LogP contribution is -2.31. The fraction of sp³-hybridized carbons (Fsp3) is 0.455. The molecule has 1 aromatic rings. The van der Waals surface area contributed by atoms with Crippen molar-refractivity contribution in [2.75, 3.05) is 14.2 Å². The normalized spacial score (nSPS) is 11.4. The number of methoxy groups -OCH3 is 1. The average molecular weight is 211 g/mol. The van der Waals surface area contributed by atoms with Crippen molar-refractivity contribution >= 4 is 11.8 Å². The molecule has 2 nitrogen and oxygen atoms in total. The molecule has 0 bridgehead atoms. The molecule has 0 aliphatic rings. The zero-order valence-electron chi connectivity index (χ0n) is 9.13. The van der Waals surface area contributed by atoms with Crippen molar-refractivity contribution in [3.05, 3.63) is 24.3 Å². The number of hydrogen-bond acceptors (Lipinski definition) is 3. The quantitative estimate of drug-likeness (QED) is 0.611. The molecule has 14 heavy (non-hydrogen) atoms. The van der Waals surface area contributed by atoms with E-state index in [2.05, 4.69) is 31.3 Å². The Hall–Kier alpha value is -0.670. The molecule has 0 aliphatic heterocycles. The van der Waals surface area contributed by atoms with Crippen LogP contribution < -0.4 is 10.1 Å². The maximum absolute atomic E-state index is 5.10. The van der Waals surface area contributed by atoms with Gasteiger partial charge < -0.3 is 10.1 Å². The highest BCUT2D eigenvalue weighted by Crippen LogP contribution is 2.30. The highest BCUT2D eigenvalue weighted by Gasteiger charge is 2.15. The van der Waals surface area contributed by atoms with Crippen molar-refractivity contribution in [2.24, 2.45) is 0 Å². The van der Waals surface area contributed by atoms with Gasteiger partial charge >= 0.3 is 0 Å². The molecule has 0 aliphatic carbocycles. The minimum atomic E-state index is 0.0641. The minimum Gasteiger partial charge on any atom is -0.497 e. The van der Waals surface area contributed by atoms with Crippen LogP contribution in [0.5, 0.6) is 5.75 Å². The molecule has 0 fully saturated rings. The largest absolute Gasteiger partial charge is 0.497 e. The molecule has 0 aromatic heterocycles. The number of nitrogens with one attached hydrogen (secondary N) is 1. The maximum Gasteiger partial charge on any atom is 0.118 e. The Morgan fingerprint density at radius 2 is 1.79 bits per heavy atom. The summed E-state index contributed by atoms with van der Waals surface area (Å²) in [6.07, 6.45) is 0. The van der Waals surface area contributed by atoms with Gasteiger partial charge in [0, 0.05) is 4.90 Å². The van der Waals surface area contributed by atoms with E-state index in [0.717, 1.165) is 5.75 Å². The lowest BCUT2D eigenvalue weighted by molar-refractivity contribution is 0.414. The molecular formula is C11H17NOS. The molecule has 3 heteroatoms. The van der Waals surface area contributed by atoms with Crippen LogP contribution in [0.15, 0.2) is 29.2 Å². The van der Waals surface area contributed by atoms with Crippen LogP contribution in [0.1, 0.15) is 13.8 Å². The first-order chi connectivity index (χ1) is 6.57. The van der Waals surface area contributed by atoms with Gasteiger partial charge in [-0.3, -0.25) is 0 Å². The third-order valence-electron chi connectivity index (χ3n) is 2.03. The Labute approximate surface area is 90.0 Å². The predicted octanol–water partition coefficient (Wildman–Crippen LogP) is 2.74. The second-order valence-corrected chi connectivity index (χ2v) is 5.23. The summed E-state index contributed by atoms with van der Waals surface area (Å²) in [5, 5.41) is 3.25. The smallest absolute Gasteiger partial charge is 0.118 e. The molecule has 1 aromatic carbocycles. The van der Waals surface area contributed by atoms with E-state index < -0.39 is 0 Å². The standard InChI is InChI=1S/C11H17NOS/c1-11(2,12-3)14-10-7-5-9(13-4)6-8-10/h5-8,12H,1-4H3. The summed E-state index contributed by atoms with van der Waals surface area (Å²) < 4.78 is 5.10. The number of benzene rings is 1. The second-order valence-electron chi connectivity index (χ2n) is 3.54. The summed E-state index contributed by atoms with van der Waals surface area (Å²) >= 11 is 1.80. The second kappa shape index (κ2) is 4.71. The Morgan fingerprint density at radius 1 is 1.21 bits per heavy atom. The summed E-state index contributed by atoms with van der Waals surface area (Å²) in [5.74, 6) is 0.900. The van der Waals surface area contributed by atoms with Crippen molar-refractivity contribution in [2.45, 2.75) is 23.6 Å². The fourth-order valence-corrected chi connectivity index (χ4v) is 1.95. The molecule has 0 heterocycles. The summed E-state index contributed by atoms with van der Waals surface area (Å²) in [4.78, 5) is 1.30. The van der Waals surface area contributed by atoms with Gasteiger partial charge in [0.25, 0.3) is 0 Å². The van der Waals surface area contributed by atoms with Crippen LogP contribution in [0.3, 0.4) is 0 Å². The molecule has 0 amide bonds. The van der Waals surface area contributed by atoms with E-state index in [1.54, 1.807) is 18.9 Å². The first-order valence-corrected chi connectivity index (χ1v) is 5.41. The molecule has 78 valence electrons. The van der Waals surface area contributed by atoms with Crippen LogP contribution in [-0.4, -0.2) is 19.0 Å². The Morgan fingerprint density at radius 3 is 2.21 bits per heavy atom. The summed E-state index contributed by atoms with van der Waals surface area (Å²) in [6.45, 7) is 4.31. The van der Waals surface area contributed by atoms with E-state index >= 15 is 0 Å². The predicted molar refractivity (Wildman–Crippen MR) is 62.0 cm³/mol. The molecule has 0 unspecified atom stereocenters. The Bertz CT molecular complexity index is 282. The van der Waals surface area contributed by atoms with E-state index in [1.165, 1.54) is 4.90 Å². The lowest BCUT2D eigenvalue weighted by Gasteiger charge is -2.23. The third kappa shape index (κ3) is 3.24. The maximum atomic E-state index is 5.10. The SMILES string of the molecule is CNC(C)(C)Sc1ccc(OC)cc1. The average Bonchev–Trinajstić information content (AvgIpc) is 2.19. The van der Waals surface area contributed by atoms with E-state index in [9.17, 15) is 0 Å². The Balaban J connectivity index is 2.69. The van der Waals surface area contributed by atoms with Gasteiger partial charge in [0.05, 0.1) is 12.0 Å². The minimum absolute atomic E-state index is 0.0641. The van der Waals surface area contributed by atoms with Crippen LogP contribution in [0.25, 0.3) is 0 Å². The van der Waals surface area contributed by atoms with Gasteiger partial charge in [-0.1, -0.05) is 0 Å². The van der Waals surface area contributed by atoms with Gasteiger partial charge in [-0.15, -0.1) is 11.8 Å². The molecule has 0 saturated heterocycles. The highest BCUT2D eigenvalue weighted by molar-refractivity contribution is 8.00. The van der Waals surface area contributed by atoms with Crippen molar-refractivity contribution in [1.82, 2.24) is 5.32 Å². The van der Waals surface area contributed by atoms with Gasteiger partial charge in [0.1, 0.15) is 5.75 Å². The topological polar surface area (TPSA) is 21.3 Å². The van der Waals surface area contributed by atoms with Gasteiger partial charge in [0.2, 0.25) is 0 Å². The van der Waals surface area contributed by atoms with Gasteiger partial charge in [0.15, 0.2) is 0 Å². The summed E-state index contributed by atoms with van der Waals surface area (Å²) in [7, 11) is 3.65. The van der Waals surface area contributed by atoms with Gasteiger partial charge in [-0.25, -0.2) is 0 Å². The van der Waals surface area contributed by atoms with Crippen molar-refractivity contribution < 1.29 is 4.74 Å². The lowest BCUT2D eigenvalue weighted by atomic mass is 10.3. The molecule has 0 spiro atoms. The first kappa shape index (κ1) is 11.4.